The molecule has 0 saturated carbocycles. The Hall–Kier alpha value is -3.51. The molecule has 0 bridgehead atoms. The molecule has 4 aromatic rings. The lowest BCUT2D eigenvalue weighted by Gasteiger charge is -2.08. The zero-order valence-corrected chi connectivity index (χ0v) is 14.8. The van der Waals surface area contributed by atoms with Gasteiger partial charge in [-0.15, -0.1) is 5.10 Å². The topological polar surface area (TPSA) is 72.2 Å². The van der Waals surface area contributed by atoms with Crippen molar-refractivity contribution in [1.29, 1.82) is 0 Å². The number of fused-ring (bicyclic) bond motifs is 1. The highest BCUT2D eigenvalue weighted by Crippen LogP contribution is 2.15. The number of benzene rings is 3. The summed E-state index contributed by atoms with van der Waals surface area (Å²) in [7, 11) is 0. The number of rotatable bonds is 4. The Labute approximate surface area is 160 Å². The predicted octanol–water partition coefficient (Wildman–Crippen LogP) is 4.24. The number of para-hydroxylation sites is 1. The van der Waals surface area contributed by atoms with Crippen molar-refractivity contribution >= 4 is 39.9 Å². The molecule has 1 aromatic heterocycles. The second kappa shape index (κ2) is 7.39. The molecular formula is C20H14ClN5O. The number of nitrogens with zero attached hydrogens (tertiary/aromatic N) is 4. The lowest BCUT2D eigenvalue weighted by atomic mass is 10.1. The Balaban J connectivity index is 1.78. The summed E-state index contributed by atoms with van der Waals surface area (Å²) in [4.78, 5) is 13.1. The van der Waals surface area contributed by atoms with Gasteiger partial charge in [-0.25, -0.2) is 0 Å². The first kappa shape index (κ1) is 16.9. The van der Waals surface area contributed by atoms with Gasteiger partial charge < -0.3 is 0 Å². The third-order valence-corrected chi connectivity index (χ3v) is 4.18. The minimum atomic E-state index is -0.271. The summed E-state index contributed by atoms with van der Waals surface area (Å²) >= 11 is 5.91. The second-order valence-corrected chi connectivity index (χ2v) is 6.18. The molecule has 0 radical (unpaired) electrons. The number of nitrogens with one attached hydrogen (secondary N) is 1. The van der Waals surface area contributed by atoms with Gasteiger partial charge in [0.2, 0.25) is 11.6 Å². The largest absolute Gasteiger partial charge is 0.285 e. The van der Waals surface area contributed by atoms with Gasteiger partial charge in [-0.3, -0.25) is 10.2 Å². The first-order valence-corrected chi connectivity index (χ1v) is 8.60. The zero-order chi connectivity index (χ0) is 18.6. The zero-order valence-electron chi connectivity index (χ0n) is 14.1. The predicted molar refractivity (Wildman–Crippen MR) is 106 cm³/mol. The number of carbonyl (C=O) groups excluding carboxylic acids is 1. The van der Waals surface area contributed by atoms with Crippen molar-refractivity contribution in [2.75, 3.05) is 5.43 Å². The number of hydrogen-bond donors (Lipinski definition) is 1. The Morgan fingerprint density at radius 1 is 0.926 bits per heavy atom. The van der Waals surface area contributed by atoms with Crippen LogP contribution in [0.25, 0.3) is 11.0 Å². The molecule has 0 fully saturated rings. The van der Waals surface area contributed by atoms with Crippen LogP contribution in [0.2, 0.25) is 5.02 Å². The van der Waals surface area contributed by atoms with Crippen LogP contribution < -0.4 is 5.43 Å². The number of Topliss-reactive ketones (excluding diaryl/α,β-unsaturated/α-hetero) is 1. The second-order valence-electron chi connectivity index (χ2n) is 5.74. The van der Waals surface area contributed by atoms with Crippen LogP contribution in [0.15, 0.2) is 84.0 Å². The number of anilines is 1. The highest BCUT2D eigenvalue weighted by molar-refractivity contribution is 6.46. The minimum Gasteiger partial charge on any atom is -0.285 e. The molecule has 0 spiro atoms. The quantitative estimate of drug-likeness (QED) is 0.250. The molecule has 7 heteroatoms. The van der Waals surface area contributed by atoms with Crippen molar-refractivity contribution in [1.82, 2.24) is 15.0 Å². The molecular weight excluding hydrogens is 362 g/mol. The summed E-state index contributed by atoms with van der Waals surface area (Å²) < 4.78 is 1.44. The molecule has 0 aliphatic carbocycles. The van der Waals surface area contributed by atoms with E-state index in [0.717, 1.165) is 0 Å². The van der Waals surface area contributed by atoms with E-state index in [1.807, 2.05) is 30.3 Å². The average molecular weight is 376 g/mol. The third kappa shape index (κ3) is 3.56. The van der Waals surface area contributed by atoms with Gasteiger partial charge in [0.1, 0.15) is 5.52 Å². The van der Waals surface area contributed by atoms with Crippen molar-refractivity contribution in [3.8, 4) is 0 Å². The summed E-state index contributed by atoms with van der Waals surface area (Å²) in [5.41, 5.74) is 5.47. The number of aromatic nitrogens is 3. The highest BCUT2D eigenvalue weighted by atomic mass is 35.5. The Bertz CT molecular complexity index is 1120. The standard InChI is InChI=1S/C20H14ClN5O/c21-15-10-12-16(13-11-15)22-24-20(19(27)14-6-2-1-3-7-14)26-18-9-5-4-8-17(18)23-25-26/h1-13,22H/b24-20-. The Morgan fingerprint density at radius 2 is 1.63 bits per heavy atom. The molecule has 0 amide bonds. The van der Waals surface area contributed by atoms with E-state index in [2.05, 4.69) is 20.8 Å². The Morgan fingerprint density at radius 3 is 2.41 bits per heavy atom. The fourth-order valence-electron chi connectivity index (χ4n) is 2.58. The fraction of sp³-hybridized carbons (Fsp3) is 0. The maximum Gasteiger partial charge on any atom is 0.232 e. The molecule has 27 heavy (non-hydrogen) atoms. The normalized spacial score (nSPS) is 11.5. The monoisotopic (exact) mass is 375 g/mol. The molecule has 0 atom stereocenters. The average Bonchev–Trinajstić information content (AvgIpc) is 3.14. The van der Waals surface area contributed by atoms with Gasteiger partial charge in [0, 0.05) is 10.6 Å². The maximum atomic E-state index is 13.1. The van der Waals surface area contributed by atoms with Crippen molar-refractivity contribution < 1.29 is 4.79 Å². The summed E-state index contributed by atoms with van der Waals surface area (Å²) in [6, 6.07) is 23.3. The van der Waals surface area contributed by atoms with Crippen molar-refractivity contribution in [2.24, 2.45) is 5.10 Å². The van der Waals surface area contributed by atoms with Crippen LogP contribution in [0.4, 0.5) is 5.69 Å². The van der Waals surface area contributed by atoms with Crippen LogP contribution in [0.1, 0.15) is 10.4 Å². The van der Waals surface area contributed by atoms with Gasteiger partial charge in [-0.1, -0.05) is 59.3 Å². The molecule has 1 heterocycles. The highest BCUT2D eigenvalue weighted by Gasteiger charge is 2.20. The fourth-order valence-corrected chi connectivity index (χ4v) is 2.71. The number of ketones is 1. The van der Waals surface area contributed by atoms with Crippen LogP contribution in [0.3, 0.4) is 0 Å². The van der Waals surface area contributed by atoms with Crippen molar-refractivity contribution in [3.05, 3.63) is 89.4 Å². The van der Waals surface area contributed by atoms with Crippen LogP contribution in [0.5, 0.6) is 0 Å². The van der Waals surface area contributed by atoms with Crippen LogP contribution in [-0.2, 0) is 0 Å². The van der Waals surface area contributed by atoms with E-state index in [4.69, 9.17) is 11.6 Å². The van der Waals surface area contributed by atoms with E-state index in [1.165, 1.54) is 4.68 Å². The molecule has 6 nitrogen and oxygen atoms in total. The summed E-state index contributed by atoms with van der Waals surface area (Å²) in [5, 5.41) is 13.2. The van der Waals surface area contributed by atoms with Gasteiger partial charge in [-0.05, 0) is 36.4 Å². The molecule has 132 valence electrons. The molecule has 0 aliphatic heterocycles. The first-order chi connectivity index (χ1) is 13.2. The van der Waals surface area contributed by atoms with E-state index in [0.29, 0.717) is 27.3 Å². The Kier molecular flexibility index (Phi) is 4.63. The van der Waals surface area contributed by atoms with E-state index in [1.54, 1.807) is 48.5 Å². The maximum absolute atomic E-state index is 13.1. The molecule has 0 saturated heterocycles. The number of halogens is 1. The van der Waals surface area contributed by atoms with Crippen molar-refractivity contribution in [2.45, 2.75) is 0 Å². The van der Waals surface area contributed by atoms with E-state index < -0.39 is 0 Å². The van der Waals surface area contributed by atoms with Crippen LogP contribution in [0, 0.1) is 0 Å². The van der Waals surface area contributed by atoms with Gasteiger partial charge in [0.05, 0.1) is 11.2 Å². The summed E-state index contributed by atoms with van der Waals surface area (Å²) in [6.07, 6.45) is 0. The van der Waals surface area contributed by atoms with E-state index >= 15 is 0 Å². The van der Waals surface area contributed by atoms with Crippen LogP contribution >= 0.6 is 11.6 Å². The van der Waals surface area contributed by atoms with E-state index in [-0.39, 0.29) is 11.6 Å². The van der Waals surface area contributed by atoms with Gasteiger partial charge in [0.25, 0.3) is 0 Å². The lowest BCUT2D eigenvalue weighted by Crippen LogP contribution is -2.25. The van der Waals surface area contributed by atoms with Crippen LogP contribution in [-0.4, -0.2) is 26.6 Å². The molecule has 0 unspecified atom stereocenters. The lowest BCUT2D eigenvalue weighted by molar-refractivity contribution is 0.106. The van der Waals surface area contributed by atoms with Gasteiger partial charge >= 0.3 is 0 Å². The van der Waals surface area contributed by atoms with E-state index in [9.17, 15) is 4.79 Å². The molecule has 1 N–H and O–H groups in total. The molecule has 0 aliphatic rings. The summed E-state index contributed by atoms with van der Waals surface area (Å²) in [5.74, 6) is -0.155. The third-order valence-electron chi connectivity index (χ3n) is 3.93. The van der Waals surface area contributed by atoms with Gasteiger partial charge in [-0.2, -0.15) is 9.78 Å². The smallest absolute Gasteiger partial charge is 0.232 e. The number of hydrazone groups is 1. The number of hydrogen-bond acceptors (Lipinski definition) is 5. The van der Waals surface area contributed by atoms with Gasteiger partial charge in [0.15, 0.2) is 0 Å². The molecule has 3 aromatic carbocycles. The van der Waals surface area contributed by atoms with Crippen molar-refractivity contribution in [3.63, 3.8) is 0 Å². The molecule has 4 rings (SSSR count). The summed E-state index contributed by atoms with van der Waals surface area (Å²) in [6.45, 7) is 0. The number of carbonyl (C=O) groups is 1. The SMILES string of the molecule is O=C(/C(=N/Nc1ccc(Cl)cc1)n1nnc2ccccc21)c1ccccc1. The minimum absolute atomic E-state index is 0.116. The first-order valence-electron chi connectivity index (χ1n) is 8.22.